The van der Waals surface area contributed by atoms with E-state index < -0.39 is 17.0 Å². The molecule has 124 valence electrons. The van der Waals surface area contributed by atoms with Crippen LogP contribution in [0.4, 0.5) is 0 Å². The SMILES string of the molecule is CC#CCn1c2c(c(=O)[nH]c1=O)C(C)c1c(C)cc(C#N)cc1C2=O. The van der Waals surface area contributed by atoms with Gasteiger partial charge in [-0.2, -0.15) is 5.26 Å². The first-order valence-electron chi connectivity index (χ1n) is 7.76. The molecular formula is C19H15N3O3. The molecule has 0 radical (unpaired) electrons. The molecule has 1 aromatic carbocycles. The van der Waals surface area contributed by atoms with Crippen molar-refractivity contribution in [3.63, 3.8) is 0 Å². The second-order valence-electron chi connectivity index (χ2n) is 5.95. The first-order chi connectivity index (χ1) is 11.9. The van der Waals surface area contributed by atoms with Crippen LogP contribution in [0, 0.1) is 30.1 Å². The zero-order chi connectivity index (χ0) is 18.3. The van der Waals surface area contributed by atoms with E-state index in [4.69, 9.17) is 0 Å². The number of nitriles is 1. The zero-order valence-electron chi connectivity index (χ0n) is 14.1. The van der Waals surface area contributed by atoms with Crippen molar-refractivity contribution in [1.82, 2.24) is 9.55 Å². The van der Waals surface area contributed by atoms with Gasteiger partial charge in [-0.3, -0.25) is 19.1 Å². The molecule has 1 aliphatic rings. The molecule has 0 saturated carbocycles. The number of nitrogens with zero attached hydrogens (tertiary/aromatic N) is 2. The van der Waals surface area contributed by atoms with Crippen LogP contribution in [0.5, 0.6) is 0 Å². The maximum atomic E-state index is 13.1. The van der Waals surface area contributed by atoms with E-state index in [-0.39, 0.29) is 23.7 Å². The third-order valence-corrected chi connectivity index (χ3v) is 4.49. The fourth-order valence-electron chi connectivity index (χ4n) is 3.44. The molecule has 0 amide bonds. The van der Waals surface area contributed by atoms with Crippen LogP contribution in [0.3, 0.4) is 0 Å². The van der Waals surface area contributed by atoms with E-state index in [0.717, 1.165) is 5.56 Å². The molecule has 1 aromatic heterocycles. The number of aromatic nitrogens is 2. The number of rotatable bonds is 1. The standard InChI is InChI=1S/C19H15N3O3/c1-4-5-6-22-16-15(18(24)21-19(22)25)11(3)14-10(2)7-12(9-20)8-13(14)17(16)23/h7-8,11H,6H2,1-3H3,(H,21,24,25). The van der Waals surface area contributed by atoms with Gasteiger partial charge >= 0.3 is 5.69 Å². The number of benzene rings is 1. The molecule has 0 bridgehead atoms. The second kappa shape index (κ2) is 5.92. The highest BCUT2D eigenvalue weighted by Gasteiger charge is 2.35. The lowest BCUT2D eigenvalue weighted by Crippen LogP contribution is -2.40. The third kappa shape index (κ3) is 2.40. The summed E-state index contributed by atoms with van der Waals surface area (Å²) in [7, 11) is 0. The lowest BCUT2D eigenvalue weighted by atomic mass is 9.78. The molecule has 3 rings (SSSR count). The molecule has 25 heavy (non-hydrogen) atoms. The molecule has 0 spiro atoms. The predicted octanol–water partition coefficient (Wildman–Crippen LogP) is 1.44. The van der Waals surface area contributed by atoms with E-state index in [1.165, 1.54) is 10.6 Å². The summed E-state index contributed by atoms with van der Waals surface area (Å²) in [6.45, 7) is 5.27. The van der Waals surface area contributed by atoms with Gasteiger partial charge < -0.3 is 0 Å². The third-order valence-electron chi connectivity index (χ3n) is 4.49. The summed E-state index contributed by atoms with van der Waals surface area (Å²) in [5.74, 6) is 4.64. The second-order valence-corrected chi connectivity index (χ2v) is 5.95. The number of carbonyl (C=O) groups is 1. The van der Waals surface area contributed by atoms with Crippen LogP contribution in [0.2, 0.25) is 0 Å². The minimum absolute atomic E-state index is 0.0131. The Labute approximate surface area is 143 Å². The lowest BCUT2D eigenvalue weighted by Gasteiger charge is -2.27. The van der Waals surface area contributed by atoms with E-state index in [1.807, 2.05) is 13.0 Å². The average Bonchev–Trinajstić information content (AvgIpc) is 2.57. The summed E-state index contributed by atoms with van der Waals surface area (Å²) in [6, 6.07) is 5.25. The molecule has 0 saturated heterocycles. The van der Waals surface area contributed by atoms with Crippen LogP contribution in [0.1, 0.15) is 58.1 Å². The van der Waals surface area contributed by atoms with Crippen LogP contribution in [0.25, 0.3) is 0 Å². The van der Waals surface area contributed by atoms with Gasteiger partial charge in [-0.15, -0.1) is 5.92 Å². The Morgan fingerprint density at radius 2 is 1.96 bits per heavy atom. The molecule has 0 fully saturated rings. The largest absolute Gasteiger partial charge is 0.329 e. The Balaban J connectivity index is 2.41. The van der Waals surface area contributed by atoms with Crippen LogP contribution < -0.4 is 11.2 Å². The summed E-state index contributed by atoms with van der Waals surface area (Å²) in [4.78, 5) is 40.0. The van der Waals surface area contributed by atoms with E-state index in [9.17, 15) is 19.6 Å². The zero-order valence-corrected chi connectivity index (χ0v) is 14.1. The minimum atomic E-state index is -0.663. The topological polar surface area (TPSA) is 95.7 Å². The molecular weight excluding hydrogens is 318 g/mol. The Kier molecular flexibility index (Phi) is 3.90. The number of fused-ring (bicyclic) bond motifs is 2. The number of hydrogen-bond acceptors (Lipinski definition) is 4. The molecule has 1 aliphatic carbocycles. The molecule has 2 aromatic rings. The fourth-order valence-corrected chi connectivity index (χ4v) is 3.44. The van der Waals surface area contributed by atoms with E-state index in [0.29, 0.717) is 16.7 Å². The first kappa shape index (κ1) is 16.5. The average molecular weight is 333 g/mol. The molecule has 0 aliphatic heterocycles. The van der Waals surface area contributed by atoms with Gasteiger partial charge in [-0.25, -0.2) is 4.79 Å². The van der Waals surface area contributed by atoms with Crippen molar-refractivity contribution in [2.75, 3.05) is 0 Å². The fraction of sp³-hybridized carbons (Fsp3) is 0.263. The Bertz CT molecular complexity index is 1130. The highest BCUT2D eigenvalue weighted by molar-refractivity contribution is 6.12. The summed E-state index contributed by atoms with van der Waals surface area (Å²) in [5, 5.41) is 9.18. The van der Waals surface area contributed by atoms with Gasteiger partial charge in [-0.1, -0.05) is 12.8 Å². The van der Waals surface area contributed by atoms with Gasteiger partial charge in [0.2, 0.25) is 5.78 Å². The molecule has 1 atom stereocenters. The van der Waals surface area contributed by atoms with Crippen molar-refractivity contribution >= 4 is 5.78 Å². The van der Waals surface area contributed by atoms with Crippen molar-refractivity contribution in [3.8, 4) is 17.9 Å². The summed E-state index contributed by atoms with van der Waals surface area (Å²) in [6.07, 6.45) is 0. The Morgan fingerprint density at radius 3 is 2.60 bits per heavy atom. The summed E-state index contributed by atoms with van der Waals surface area (Å²) < 4.78 is 1.20. The van der Waals surface area contributed by atoms with Gasteiger partial charge in [0.1, 0.15) is 5.69 Å². The van der Waals surface area contributed by atoms with Crippen molar-refractivity contribution in [1.29, 1.82) is 5.26 Å². The molecule has 6 heteroatoms. The monoisotopic (exact) mass is 333 g/mol. The van der Waals surface area contributed by atoms with E-state index in [1.54, 1.807) is 19.9 Å². The maximum Gasteiger partial charge on any atom is 0.329 e. The van der Waals surface area contributed by atoms with Gasteiger partial charge in [0.05, 0.1) is 23.7 Å². The Hall–Kier alpha value is -3.38. The van der Waals surface area contributed by atoms with Crippen molar-refractivity contribution in [3.05, 3.63) is 66.5 Å². The predicted molar refractivity (Wildman–Crippen MR) is 91.6 cm³/mol. The van der Waals surface area contributed by atoms with Crippen LogP contribution in [0.15, 0.2) is 21.7 Å². The summed E-state index contributed by atoms with van der Waals surface area (Å²) in [5.41, 5.74) is 1.32. The number of carbonyl (C=O) groups excluding carboxylic acids is 1. The van der Waals surface area contributed by atoms with Crippen LogP contribution >= 0.6 is 0 Å². The first-order valence-corrected chi connectivity index (χ1v) is 7.76. The van der Waals surface area contributed by atoms with Crippen LogP contribution in [-0.4, -0.2) is 15.3 Å². The number of ketones is 1. The number of aromatic amines is 1. The maximum absolute atomic E-state index is 13.1. The number of nitrogens with one attached hydrogen (secondary N) is 1. The normalized spacial score (nSPS) is 14.8. The van der Waals surface area contributed by atoms with Gasteiger partial charge in [0, 0.05) is 11.5 Å². The Morgan fingerprint density at radius 1 is 1.24 bits per heavy atom. The molecule has 6 nitrogen and oxygen atoms in total. The smallest absolute Gasteiger partial charge is 0.287 e. The van der Waals surface area contributed by atoms with Crippen molar-refractivity contribution < 1.29 is 4.79 Å². The van der Waals surface area contributed by atoms with Crippen LogP contribution in [-0.2, 0) is 6.54 Å². The van der Waals surface area contributed by atoms with E-state index in [2.05, 4.69) is 16.8 Å². The number of hydrogen-bond donors (Lipinski definition) is 1. The molecule has 1 unspecified atom stereocenters. The van der Waals surface area contributed by atoms with E-state index >= 15 is 0 Å². The molecule has 1 heterocycles. The quantitative estimate of drug-likeness (QED) is 0.799. The van der Waals surface area contributed by atoms with Gasteiger partial charge in [0.25, 0.3) is 5.56 Å². The number of H-pyrrole nitrogens is 1. The van der Waals surface area contributed by atoms with Gasteiger partial charge in [-0.05, 0) is 37.1 Å². The summed E-state index contributed by atoms with van der Waals surface area (Å²) >= 11 is 0. The highest BCUT2D eigenvalue weighted by atomic mass is 16.2. The highest BCUT2D eigenvalue weighted by Crippen LogP contribution is 2.36. The molecule has 1 N–H and O–H groups in total. The lowest BCUT2D eigenvalue weighted by molar-refractivity contribution is 0.102. The minimum Gasteiger partial charge on any atom is -0.287 e. The number of aryl methyl sites for hydroxylation is 1. The van der Waals surface area contributed by atoms with Crippen molar-refractivity contribution in [2.45, 2.75) is 33.2 Å². The van der Waals surface area contributed by atoms with Gasteiger partial charge in [0.15, 0.2) is 0 Å². The van der Waals surface area contributed by atoms with Crippen molar-refractivity contribution in [2.24, 2.45) is 0 Å².